The molecule has 1 N–H and O–H groups in total. The SMILES string of the molecule is CNC(C)(C)C(=O)c1ccc(OC(C)C)cc1C. The number of nitrogens with one attached hydrogen (secondary N) is 1. The Hall–Kier alpha value is -1.35. The topological polar surface area (TPSA) is 38.3 Å². The van der Waals surface area contributed by atoms with Crippen molar-refractivity contribution in [2.24, 2.45) is 0 Å². The van der Waals surface area contributed by atoms with Gasteiger partial charge in [-0.3, -0.25) is 4.79 Å². The van der Waals surface area contributed by atoms with E-state index in [0.717, 1.165) is 16.9 Å². The van der Waals surface area contributed by atoms with Crippen LogP contribution in [0.4, 0.5) is 0 Å². The number of benzene rings is 1. The minimum absolute atomic E-state index is 0.0959. The third kappa shape index (κ3) is 3.33. The standard InChI is InChI=1S/C15H23NO2/c1-10(2)18-12-7-8-13(11(3)9-12)14(17)15(4,5)16-6/h7-10,16H,1-6H3. The zero-order chi connectivity index (χ0) is 13.9. The summed E-state index contributed by atoms with van der Waals surface area (Å²) in [7, 11) is 1.80. The van der Waals surface area contributed by atoms with Crippen LogP contribution in [0.5, 0.6) is 5.75 Å². The summed E-state index contributed by atoms with van der Waals surface area (Å²) < 4.78 is 5.61. The Morgan fingerprint density at radius 2 is 1.94 bits per heavy atom. The van der Waals surface area contributed by atoms with Crippen LogP contribution in [0.1, 0.15) is 43.6 Å². The highest BCUT2D eigenvalue weighted by atomic mass is 16.5. The Labute approximate surface area is 110 Å². The van der Waals surface area contributed by atoms with Gasteiger partial charge in [-0.05, 0) is 65.4 Å². The van der Waals surface area contributed by atoms with Gasteiger partial charge in [-0.15, -0.1) is 0 Å². The van der Waals surface area contributed by atoms with E-state index in [1.54, 1.807) is 7.05 Å². The molecular formula is C15H23NO2. The van der Waals surface area contributed by atoms with Gasteiger partial charge in [0, 0.05) is 5.56 Å². The van der Waals surface area contributed by atoms with Gasteiger partial charge in [0.2, 0.25) is 0 Å². The molecule has 3 nitrogen and oxygen atoms in total. The number of aryl methyl sites for hydroxylation is 1. The molecule has 0 unspecified atom stereocenters. The fourth-order valence-electron chi connectivity index (χ4n) is 1.69. The van der Waals surface area contributed by atoms with Crippen LogP contribution < -0.4 is 10.1 Å². The number of ketones is 1. The summed E-state index contributed by atoms with van der Waals surface area (Å²) in [5.41, 5.74) is 1.14. The van der Waals surface area contributed by atoms with E-state index < -0.39 is 5.54 Å². The van der Waals surface area contributed by atoms with Gasteiger partial charge in [-0.2, -0.15) is 0 Å². The number of carbonyl (C=O) groups is 1. The van der Waals surface area contributed by atoms with Crippen molar-refractivity contribution in [2.45, 2.75) is 46.3 Å². The molecule has 18 heavy (non-hydrogen) atoms. The summed E-state index contributed by atoms with van der Waals surface area (Å²) in [6.45, 7) is 9.67. The third-order valence-corrected chi connectivity index (χ3v) is 3.01. The smallest absolute Gasteiger partial charge is 0.182 e. The van der Waals surface area contributed by atoms with Gasteiger partial charge in [0.1, 0.15) is 5.75 Å². The van der Waals surface area contributed by atoms with E-state index in [-0.39, 0.29) is 11.9 Å². The fourth-order valence-corrected chi connectivity index (χ4v) is 1.69. The van der Waals surface area contributed by atoms with Gasteiger partial charge < -0.3 is 10.1 Å². The summed E-state index contributed by atoms with van der Waals surface area (Å²) in [6, 6.07) is 5.61. The van der Waals surface area contributed by atoms with Crippen molar-refractivity contribution in [3.63, 3.8) is 0 Å². The number of carbonyl (C=O) groups excluding carboxylic acids is 1. The Morgan fingerprint density at radius 3 is 2.39 bits per heavy atom. The molecular weight excluding hydrogens is 226 g/mol. The van der Waals surface area contributed by atoms with Gasteiger partial charge in [-0.1, -0.05) is 0 Å². The van der Waals surface area contributed by atoms with Gasteiger partial charge >= 0.3 is 0 Å². The summed E-state index contributed by atoms with van der Waals surface area (Å²) in [4.78, 5) is 12.3. The van der Waals surface area contributed by atoms with Crippen molar-refractivity contribution in [3.05, 3.63) is 29.3 Å². The molecule has 0 saturated heterocycles. The lowest BCUT2D eigenvalue weighted by Gasteiger charge is -2.23. The van der Waals surface area contributed by atoms with Crippen molar-refractivity contribution in [1.29, 1.82) is 0 Å². The van der Waals surface area contributed by atoms with Gasteiger partial charge in [-0.25, -0.2) is 0 Å². The van der Waals surface area contributed by atoms with E-state index in [2.05, 4.69) is 5.32 Å². The Morgan fingerprint density at radius 1 is 1.33 bits per heavy atom. The van der Waals surface area contributed by atoms with Crippen LogP contribution in [0.25, 0.3) is 0 Å². The largest absolute Gasteiger partial charge is 0.491 e. The van der Waals surface area contributed by atoms with Crippen LogP contribution in [0, 0.1) is 6.92 Å². The Balaban J connectivity index is 3.03. The van der Waals surface area contributed by atoms with Crippen molar-refractivity contribution in [1.82, 2.24) is 5.32 Å². The zero-order valence-electron chi connectivity index (χ0n) is 12.1. The minimum Gasteiger partial charge on any atom is -0.491 e. The first-order valence-corrected chi connectivity index (χ1v) is 6.29. The normalized spacial score (nSPS) is 11.7. The lowest BCUT2D eigenvalue weighted by molar-refractivity contribution is 0.0889. The zero-order valence-corrected chi connectivity index (χ0v) is 12.1. The van der Waals surface area contributed by atoms with Crippen molar-refractivity contribution < 1.29 is 9.53 Å². The number of Topliss-reactive ketones (excluding diaryl/α,β-unsaturated/α-hetero) is 1. The van der Waals surface area contributed by atoms with E-state index in [4.69, 9.17) is 4.74 Å². The molecule has 0 heterocycles. The number of hydrogen-bond donors (Lipinski definition) is 1. The molecule has 0 fully saturated rings. The minimum atomic E-state index is -0.550. The molecule has 0 aliphatic carbocycles. The average molecular weight is 249 g/mol. The van der Waals surface area contributed by atoms with Gasteiger partial charge in [0.05, 0.1) is 11.6 Å². The lowest BCUT2D eigenvalue weighted by Crippen LogP contribution is -2.44. The second-order valence-electron chi connectivity index (χ2n) is 5.35. The second-order valence-corrected chi connectivity index (χ2v) is 5.35. The summed E-state index contributed by atoms with van der Waals surface area (Å²) in [6.07, 6.45) is 0.139. The molecule has 1 aromatic carbocycles. The molecule has 0 amide bonds. The molecule has 0 saturated carbocycles. The third-order valence-electron chi connectivity index (χ3n) is 3.01. The first-order valence-electron chi connectivity index (χ1n) is 6.29. The summed E-state index contributed by atoms with van der Waals surface area (Å²) in [5, 5.41) is 3.03. The second kappa shape index (κ2) is 5.53. The molecule has 1 aromatic rings. The maximum atomic E-state index is 12.3. The molecule has 100 valence electrons. The van der Waals surface area contributed by atoms with Crippen LogP contribution in [-0.2, 0) is 0 Å². The molecule has 0 spiro atoms. The van der Waals surface area contributed by atoms with Crippen molar-refractivity contribution in [2.75, 3.05) is 7.05 Å². The molecule has 1 rings (SSSR count). The first kappa shape index (κ1) is 14.7. The fraction of sp³-hybridized carbons (Fsp3) is 0.533. The van der Waals surface area contributed by atoms with Crippen LogP contribution >= 0.6 is 0 Å². The molecule has 0 aromatic heterocycles. The van der Waals surface area contributed by atoms with Gasteiger partial charge in [0.15, 0.2) is 5.78 Å². The highest BCUT2D eigenvalue weighted by Gasteiger charge is 2.27. The van der Waals surface area contributed by atoms with Crippen LogP contribution in [-0.4, -0.2) is 24.5 Å². The lowest BCUT2D eigenvalue weighted by atomic mass is 9.91. The van der Waals surface area contributed by atoms with E-state index in [1.807, 2.05) is 52.8 Å². The molecule has 3 heteroatoms. The molecule has 0 aliphatic rings. The summed E-state index contributed by atoms with van der Waals surface area (Å²) >= 11 is 0. The average Bonchev–Trinajstić information content (AvgIpc) is 2.27. The van der Waals surface area contributed by atoms with E-state index >= 15 is 0 Å². The number of likely N-dealkylation sites (N-methyl/N-ethyl adjacent to an activating group) is 1. The number of ether oxygens (including phenoxy) is 1. The van der Waals surface area contributed by atoms with Gasteiger partial charge in [0.25, 0.3) is 0 Å². The predicted octanol–water partition coefficient (Wildman–Crippen LogP) is 2.96. The number of rotatable bonds is 5. The summed E-state index contributed by atoms with van der Waals surface area (Å²) in [5.74, 6) is 0.903. The molecule has 0 bridgehead atoms. The highest BCUT2D eigenvalue weighted by molar-refractivity contribution is 6.03. The number of hydrogen-bond acceptors (Lipinski definition) is 3. The maximum absolute atomic E-state index is 12.3. The van der Waals surface area contributed by atoms with Crippen molar-refractivity contribution >= 4 is 5.78 Å². The van der Waals surface area contributed by atoms with Crippen LogP contribution in [0.15, 0.2) is 18.2 Å². The quantitative estimate of drug-likeness (QED) is 0.815. The highest BCUT2D eigenvalue weighted by Crippen LogP contribution is 2.22. The molecule has 0 atom stereocenters. The molecule has 0 aliphatic heterocycles. The Kier molecular flexibility index (Phi) is 4.52. The van der Waals surface area contributed by atoms with Crippen molar-refractivity contribution in [3.8, 4) is 5.75 Å². The van der Waals surface area contributed by atoms with Crippen LogP contribution in [0.3, 0.4) is 0 Å². The Bertz CT molecular complexity index is 436. The molecule has 0 radical (unpaired) electrons. The van der Waals surface area contributed by atoms with Crippen LogP contribution in [0.2, 0.25) is 0 Å². The maximum Gasteiger partial charge on any atom is 0.182 e. The monoisotopic (exact) mass is 249 g/mol. The van der Waals surface area contributed by atoms with E-state index in [0.29, 0.717) is 0 Å². The van der Waals surface area contributed by atoms with E-state index in [9.17, 15) is 4.79 Å². The van der Waals surface area contributed by atoms with E-state index in [1.165, 1.54) is 0 Å². The predicted molar refractivity (Wildman–Crippen MR) is 74.4 cm³/mol. The first-order chi connectivity index (χ1) is 8.27.